The van der Waals surface area contributed by atoms with Crippen LogP contribution in [-0.2, 0) is 4.79 Å². The summed E-state index contributed by atoms with van der Waals surface area (Å²) in [5.41, 5.74) is 5.34. The minimum atomic E-state index is -0.788. The summed E-state index contributed by atoms with van der Waals surface area (Å²) in [6.07, 6.45) is 0.130. The molecule has 0 aliphatic heterocycles. The fourth-order valence-corrected chi connectivity index (χ4v) is 1.12. The number of Topliss-reactive ketones (excluding diaryl/α,β-unsaturated/α-hetero) is 1. The molecule has 0 aliphatic rings. The van der Waals surface area contributed by atoms with Gasteiger partial charge >= 0.3 is 0 Å². The Labute approximate surface area is 83.7 Å². The van der Waals surface area contributed by atoms with E-state index < -0.39 is 5.78 Å². The SMILES string of the molecule is Nc1c(Cl)cc(C(=O)C=O)nc1Cl. The van der Waals surface area contributed by atoms with Crippen molar-refractivity contribution in [2.75, 3.05) is 5.73 Å². The van der Waals surface area contributed by atoms with E-state index in [1.807, 2.05) is 0 Å². The molecule has 0 radical (unpaired) electrons. The van der Waals surface area contributed by atoms with E-state index in [1.54, 1.807) is 0 Å². The van der Waals surface area contributed by atoms with Crippen molar-refractivity contribution in [2.45, 2.75) is 0 Å². The molecule has 1 heterocycles. The first-order valence-corrected chi connectivity index (χ1v) is 3.93. The van der Waals surface area contributed by atoms with Crippen LogP contribution in [-0.4, -0.2) is 17.1 Å². The molecule has 13 heavy (non-hydrogen) atoms. The van der Waals surface area contributed by atoms with Gasteiger partial charge in [-0.15, -0.1) is 0 Å². The molecule has 1 aromatic heterocycles. The van der Waals surface area contributed by atoms with Gasteiger partial charge in [-0.2, -0.15) is 0 Å². The predicted octanol–water partition coefficient (Wildman–Crippen LogP) is 1.35. The van der Waals surface area contributed by atoms with Crippen molar-refractivity contribution >= 4 is 41.0 Å². The smallest absolute Gasteiger partial charge is 0.243 e. The zero-order chi connectivity index (χ0) is 10.0. The Hall–Kier alpha value is -1.13. The van der Waals surface area contributed by atoms with Crippen molar-refractivity contribution < 1.29 is 9.59 Å². The van der Waals surface area contributed by atoms with E-state index in [4.69, 9.17) is 28.9 Å². The molecule has 4 nitrogen and oxygen atoms in total. The molecule has 0 amide bonds. The van der Waals surface area contributed by atoms with Crippen molar-refractivity contribution in [1.29, 1.82) is 0 Å². The fraction of sp³-hybridized carbons (Fsp3) is 0. The van der Waals surface area contributed by atoms with Gasteiger partial charge in [-0.3, -0.25) is 9.59 Å². The van der Waals surface area contributed by atoms with E-state index in [9.17, 15) is 9.59 Å². The molecule has 0 atom stereocenters. The number of hydrogen-bond acceptors (Lipinski definition) is 4. The predicted molar refractivity (Wildman–Crippen MR) is 49.1 cm³/mol. The molecular formula is C7H4Cl2N2O2. The quantitative estimate of drug-likeness (QED) is 0.352. The first-order valence-electron chi connectivity index (χ1n) is 3.17. The van der Waals surface area contributed by atoms with Gasteiger partial charge in [0.05, 0.1) is 10.7 Å². The summed E-state index contributed by atoms with van der Waals surface area (Å²) in [7, 11) is 0. The minimum absolute atomic E-state index is 0.0855. The number of carbonyl (C=O) groups is 2. The summed E-state index contributed by atoms with van der Waals surface area (Å²) in [6.45, 7) is 0. The highest BCUT2D eigenvalue weighted by molar-refractivity contribution is 6.40. The van der Waals surface area contributed by atoms with Crippen LogP contribution in [0.25, 0.3) is 0 Å². The summed E-state index contributed by atoms with van der Waals surface area (Å²) < 4.78 is 0. The molecule has 0 spiro atoms. The number of nitrogen functional groups attached to an aromatic ring is 1. The van der Waals surface area contributed by atoms with Crippen LogP contribution in [0.4, 0.5) is 5.69 Å². The normalized spacial score (nSPS) is 9.69. The highest BCUT2D eigenvalue weighted by atomic mass is 35.5. The van der Waals surface area contributed by atoms with Crippen molar-refractivity contribution in [3.63, 3.8) is 0 Å². The number of aldehydes is 1. The van der Waals surface area contributed by atoms with Crippen molar-refractivity contribution in [3.05, 3.63) is 21.9 Å². The third kappa shape index (κ3) is 1.96. The second kappa shape index (κ2) is 3.72. The lowest BCUT2D eigenvalue weighted by Gasteiger charge is -2.01. The Kier molecular flexibility index (Phi) is 2.85. The monoisotopic (exact) mass is 218 g/mol. The lowest BCUT2D eigenvalue weighted by Crippen LogP contribution is -2.04. The van der Waals surface area contributed by atoms with Crippen molar-refractivity contribution in [2.24, 2.45) is 0 Å². The lowest BCUT2D eigenvalue weighted by atomic mass is 10.2. The van der Waals surface area contributed by atoms with Gasteiger partial charge in [0, 0.05) is 0 Å². The van der Waals surface area contributed by atoms with Crippen molar-refractivity contribution in [3.8, 4) is 0 Å². The molecule has 6 heteroatoms. The van der Waals surface area contributed by atoms with Gasteiger partial charge in [0.25, 0.3) is 0 Å². The van der Waals surface area contributed by atoms with Crippen LogP contribution in [0.1, 0.15) is 10.5 Å². The van der Waals surface area contributed by atoms with Crippen LogP contribution >= 0.6 is 23.2 Å². The van der Waals surface area contributed by atoms with Gasteiger partial charge in [-0.05, 0) is 6.07 Å². The van der Waals surface area contributed by atoms with Crippen LogP contribution in [0.3, 0.4) is 0 Å². The van der Waals surface area contributed by atoms with Gasteiger partial charge in [0.15, 0.2) is 11.4 Å². The first kappa shape index (κ1) is 9.95. The maximum absolute atomic E-state index is 10.8. The number of nitrogens with two attached hydrogens (primary N) is 1. The highest BCUT2D eigenvalue weighted by Crippen LogP contribution is 2.25. The van der Waals surface area contributed by atoms with E-state index in [-0.39, 0.29) is 27.8 Å². The van der Waals surface area contributed by atoms with E-state index in [0.717, 1.165) is 0 Å². The van der Waals surface area contributed by atoms with E-state index >= 15 is 0 Å². The van der Waals surface area contributed by atoms with Gasteiger partial charge in [-0.25, -0.2) is 4.98 Å². The summed E-state index contributed by atoms with van der Waals surface area (Å²) in [5.74, 6) is -0.788. The van der Waals surface area contributed by atoms with Crippen LogP contribution in [0.5, 0.6) is 0 Å². The summed E-state index contributed by atoms with van der Waals surface area (Å²) >= 11 is 11.1. The average Bonchev–Trinajstić information content (AvgIpc) is 2.12. The molecule has 0 unspecified atom stereocenters. The highest BCUT2D eigenvalue weighted by Gasteiger charge is 2.11. The Morgan fingerprint density at radius 3 is 2.62 bits per heavy atom. The zero-order valence-corrected chi connectivity index (χ0v) is 7.76. The molecule has 0 fully saturated rings. The molecular weight excluding hydrogens is 215 g/mol. The second-order valence-corrected chi connectivity index (χ2v) is 2.94. The molecule has 0 aliphatic carbocycles. The lowest BCUT2D eigenvalue weighted by molar-refractivity contribution is -0.104. The Bertz CT molecular complexity index is 356. The largest absolute Gasteiger partial charge is 0.395 e. The average molecular weight is 219 g/mol. The summed E-state index contributed by atoms with van der Waals surface area (Å²) in [6, 6.07) is 1.19. The van der Waals surface area contributed by atoms with Crippen LogP contribution in [0, 0.1) is 0 Å². The van der Waals surface area contributed by atoms with Gasteiger partial charge in [-0.1, -0.05) is 23.2 Å². The van der Waals surface area contributed by atoms with Crippen LogP contribution in [0.15, 0.2) is 6.07 Å². The maximum Gasteiger partial charge on any atom is 0.243 e. The molecule has 0 saturated heterocycles. The number of ketones is 1. The zero-order valence-electron chi connectivity index (χ0n) is 6.25. The maximum atomic E-state index is 10.8. The molecule has 1 aromatic rings. The number of anilines is 1. The second-order valence-electron chi connectivity index (χ2n) is 2.18. The molecule has 1 rings (SSSR count). The van der Waals surface area contributed by atoms with Gasteiger partial charge in [0.2, 0.25) is 5.78 Å². The number of carbonyl (C=O) groups excluding carboxylic acids is 2. The number of hydrogen-bond donors (Lipinski definition) is 1. The summed E-state index contributed by atoms with van der Waals surface area (Å²) in [4.78, 5) is 24.5. The van der Waals surface area contributed by atoms with Crippen molar-refractivity contribution in [1.82, 2.24) is 4.98 Å². The molecule has 68 valence electrons. The Balaban J connectivity index is 3.28. The van der Waals surface area contributed by atoms with E-state index in [0.29, 0.717) is 0 Å². The fourth-order valence-electron chi connectivity index (χ4n) is 0.681. The Morgan fingerprint density at radius 2 is 2.15 bits per heavy atom. The first-order chi connectivity index (χ1) is 6.06. The molecule has 0 aromatic carbocycles. The third-order valence-electron chi connectivity index (χ3n) is 1.32. The van der Waals surface area contributed by atoms with Gasteiger partial charge in [0.1, 0.15) is 5.69 Å². The number of halogens is 2. The standard InChI is InChI=1S/C7H4Cl2N2O2/c8-3-1-4(5(13)2-12)11-7(9)6(3)10/h1-2H,10H2. The molecule has 0 saturated carbocycles. The number of rotatable bonds is 2. The van der Waals surface area contributed by atoms with Crippen LogP contribution < -0.4 is 5.73 Å². The minimum Gasteiger partial charge on any atom is -0.395 e. The van der Waals surface area contributed by atoms with E-state index in [1.165, 1.54) is 6.07 Å². The number of pyridine rings is 1. The number of aromatic nitrogens is 1. The molecule has 0 bridgehead atoms. The summed E-state index contributed by atoms with van der Waals surface area (Å²) in [5, 5.41) is 0.0166. The topological polar surface area (TPSA) is 73.1 Å². The number of nitrogens with zero attached hydrogens (tertiary/aromatic N) is 1. The van der Waals surface area contributed by atoms with E-state index in [2.05, 4.69) is 4.98 Å². The van der Waals surface area contributed by atoms with Crippen LogP contribution in [0.2, 0.25) is 10.2 Å². The molecule has 2 N–H and O–H groups in total. The Morgan fingerprint density at radius 1 is 1.54 bits per heavy atom. The van der Waals surface area contributed by atoms with Gasteiger partial charge < -0.3 is 5.73 Å². The third-order valence-corrected chi connectivity index (χ3v) is 1.92.